The van der Waals surface area contributed by atoms with Crippen molar-refractivity contribution in [2.75, 3.05) is 45.2 Å². The molecule has 3 aromatic rings. The van der Waals surface area contributed by atoms with Crippen LogP contribution in [0.3, 0.4) is 0 Å². The minimum absolute atomic E-state index is 0.0406. The maximum atomic E-state index is 14.6. The van der Waals surface area contributed by atoms with E-state index in [1.807, 2.05) is 19.1 Å². The Morgan fingerprint density at radius 2 is 2.19 bits per heavy atom. The molecule has 37 heavy (non-hydrogen) atoms. The molecule has 3 aliphatic rings. The number of H-pyrrole nitrogens is 1. The van der Waals surface area contributed by atoms with E-state index in [-0.39, 0.29) is 23.2 Å². The van der Waals surface area contributed by atoms with Gasteiger partial charge in [-0.3, -0.25) is 9.78 Å². The summed E-state index contributed by atoms with van der Waals surface area (Å²) in [4.78, 5) is 23.3. The molecule has 8 nitrogen and oxygen atoms in total. The molecule has 1 saturated heterocycles. The lowest BCUT2D eigenvalue weighted by Gasteiger charge is -2.30. The Morgan fingerprint density at radius 3 is 2.97 bits per heavy atom. The molecule has 1 amide bonds. The molecule has 1 saturated carbocycles. The second-order valence-electron chi connectivity index (χ2n) is 10.3. The highest BCUT2D eigenvalue weighted by molar-refractivity contribution is 6.07. The molecule has 0 bridgehead atoms. The summed E-state index contributed by atoms with van der Waals surface area (Å²) in [7, 11) is 2.07. The second kappa shape index (κ2) is 9.46. The van der Waals surface area contributed by atoms with Crippen molar-refractivity contribution in [1.82, 2.24) is 20.2 Å². The zero-order valence-corrected chi connectivity index (χ0v) is 21.2. The number of nitrogens with one attached hydrogen (secondary N) is 3. The first kappa shape index (κ1) is 23.9. The Labute approximate surface area is 215 Å². The van der Waals surface area contributed by atoms with Gasteiger partial charge in [0.25, 0.3) is 5.91 Å². The van der Waals surface area contributed by atoms with E-state index in [1.54, 1.807) is 18.5 Å². The highest BCUT2D eigenvalue weighted by Crippen LogP contribution is 2.54. The second-order valence-corrected chi connectivity index (χ2v) is 10.3. The summed E-state index contributed by atoms with van der Waals surface area (Å²) < 4.78 is 26.8. The first-order valence-electron chi connectivity index (χ1n) is 13.0. The van der Waals surface area contributed by atoms with Crippen molar-refractivity contribution < 1.29 is 18.7 Å². The first-order valence-corrected chi connectivity index (χ1v) is 13.0. The quantitative estimate of drug-likeness (QED) is 0.450. The number of carbonyl (C=O) groups is 1. The topological polar surface area (TPSA) is 91.5 Å². The van der Waals surface area contributed by atoms with Gasteiger partial charge in [-0.1, -0.05) is 13.0 Å². The van der Waals surface area contributed by atoms with E-state index in [4.69, 9.17) is 9.47 Å². The molecule has 9 heteroatoms. The van der Waals surface area contributed by atoms with Gasteiger partial charge in [0, 0.05) is 53.8 Å². The molecule has 2 fully saturated rings. The molecule has 4 heterocycles. The number of aromatic amines is 1. The van der Waals surface area contributed by atoms with Crippen LogP contribution >= 0.6 is 0 Å². The first-order chi connectivity index (χ1) is 18.0. The van der Waals surface area contributed by atoms with E-state index < -0.39 is 0 Å². The minimum atomic E-state index is -0.271. The number of benzene rings is 1. The number of pyridine rings is 1. The maximum Gasteiger partial charge on any atom is 0.255 e. The van der Waals surface area contributed by atoms with Gasteiger partial charge in [-0.2, -0.15) is 0 Å². The Hall–Kier alpha value is -3.43. The number of rotatable bonds is 7. The average Bonchev–Trinajstić information content (AvgIpc) is 3.58. The molecule has 2 aliphatic heterocycles. The van der Waals surface area contributed by atoms with Crippen molar-refractivity contribution in [2.24, 2.45) is 0 Å². The van der Waals surface area contributed by atoms with Crippen LogP contribution < -0.4 is 15.4 Å². The van der Waals surface area contributed by atoms with Gasteiger partial charge in [0.2, 0.25) is 0 Å². The van der Waals surface area contributed by atoms with Crippen molar-refractivity contribution in [2.45, 2.75) is 37.7 Å². The number of fused-ring (bicyclic) bond motifs is 2. The van der Waals surface area contributed by atoms with Gasteiger partial charge in [0.05, 0.1) is 29.7 Å². The lowest BCUT2D eigenvalue weighted by molar-refractivity contribution is -0.0403. The lowest BCUT2D eigenvalue weighted by Crippen LogP contribution is -2.42. The Bertz CT molecular complexity index is 1340. The monoisotopic (exact) mass is 505 g/mol. The van der Waals surface area contributed by atoms with Gasteiger partial charge in [0.15, 0.2) is 0 Å². The third kappa shape index (κ3) is 4.36. The number of hydrogen-bond donors (Lipinski definition) is 3. The Balaban J connectivity index is 1.43. The lowest BCUT2D eigenvalue weighted by atomic mass is 9.93. The average molecular weight is 506 g/mol. The van der Waals surface area contributed by atoms with Crippen LogP contribution in [0.1, 0.15) is 41.4 Å². The highest BCUT2D eigenvalue weighted by Gasteiger charge is 2.51. The van der Waals surface area contributed by atoms with Crippen molar-refractivity contribution >= 4 is 17.3 Å². The summed E-state index contributed by atoms with van der Waals surface area (Å²) in [5.41, 5.74) is 4.81. The molecule has 6 rings (SSSR count). The third-order valence-corrected chi connectivity index (χ3v) is 7.75. The number of halogens is 1. The zero-order chi connectivity index (χ0) is 25.6. The summed E-state index contributed by atoms with van der Waals surface area (Å²) in [6.07, 6.45) is 5.90. The number of likely N-dealkylation sites (N-methyl/N-ethyl adjacent to an activating group) is 1. The number of morpholine rings is 1. The molecule has 1 atom stereocenters. The number of ether oxygens (including phenoxy) is 2. The summed E-state index contributed by atoms with van der Waals surface area (Å²) in [5, 5.41) is 6.51. The highest BCUT2D eigenvalue weighted by atomic mass is 19.1. The van der Waals surface area contributed by atoms with E-state index in [0.29, 0.717) is 54.4 Å². The van der Waals surface area contributed by atoms with E-state index in [0.717, 1.165) is 42.9 Å². The molecule has 1 spiro atoms. The van der Waals surface area contributed by atoms with E-state index in [1.165, 1.54) is 6.07 Å². The largest absolute Gasteiger partial charge is 0.488 e. The van der Waals surface area contributed by atoms with Gasteiger partial charge in [-0.15, -0.1) is 0 Å². The molecule has 1 aliphatic carbocycles. The molecule has 2 aromatic heterocycles. The number of anilines is 2. The maximum absolute atomic E-state index is 14.6. The van der Waals surface area contributed by atoms with Crippen LogP contribution in [0.2, 0.25) is 0 Å². The van der Waals surface area contributed by atoms with E-state index in [2.05, 4.69) is 32.5 Å². The van der Waals surface area contributed by atoms with Crippen LogP contribution in [-0.4, -0.2) is 66.8 Å². The number of nitrogens with zero attached hydrogens (tertiary/aromatic N) is 2. The number of hydrogen-bond acceptors (Lipinski definition) is 6. The van der Waals surface area contributed by atoms with E-state index in [9.17, 15) is 9.18 Å². The molecule has 1 aromatic carbocycles. The van der Waals surface area contributed by atoms with Crippen molar-refractivity contribution in [3.05, 3.63) is 59.3 Å². The van der Waals surface area contributed by atoms with Gasteiger partial charge < -0.3 is 30.0 Å². The number of aromatic nitrogens is 2. The van der Waals surface area contributed by atoms with Crippen LogP contribution in [0.4, 0.5) is 15.8 Å². The summed E-state index contributed by atoms with van der Waals surface area (Å²) in [5.74, 6) is 0.190. The van der Waals surface area contributed by atoms with Crippen LogP contribution in [0.5, 0.6) is 5.75 Å². The molecule has 0 unspecified atom stereocenters. The summed E-state index contributed by atoms with van der Waals surface area (Å²) in [6.45, 7) is 5.29. The number of carbonyl (C=O) groups excluding carboxylic acids is 1. The van der Waals surface area contributed by atoms with Gasteiger partial charge in [-0.25, -0.2) is 4.39 Å². The molecular weight excluding hydrogens is 473 g/mol. The van der Waals surface area contributed by atoms with Crippen molar-refractivity contribution in [1.29, 1.82) is 0 Å². The standard InChI is InChI=1S/C28H32FN5O3/c1-3-18-20(29)5-4-6-21(18)32-25-23-26(28(8-9-28)16-31-27(23)35)33-24(25)19-7-10-30-13-22(19)37-15-17-14-34(2)11-12-36-17/h4-7,10,13,17,32-33H,3,8-9,11-12,14-16H2,1-2H3,(H,31,35)/t17-/m0/s1. The van der Waals surface area contributed by atoms with Gasteiger partial charge in [-0.05, 0) is 44.5 Å². The Morgan fingerprint density at radius 1 is 1.32 bits per heavy atom. The predicted molar refractivity (Wildman–Crippen MR) is 139 cm³/mol. The zero-order valence-electron chi connectivity index (χ0n) is 21.2. The van der Waals surface area contributed by atoms with Gasteiger partial charge >= 0.3 is 0 Å². The van der Waals surface area contributed by atoms with Crippen molar-refractivity contribution in [3.8, 4) is 17.0 Å². The molecule has 0 radical (unpaired) electrons. The normalized spacial score (nSPS) is 20.4. The molecule has 194 valence electrons. The van der Waals surface area contributed by atoms with Crippen LogP contribution in [-0.2, 0) is 16.6 Å². The Kier molecular flexibility index (Phi) is 6.12. The number of amides is 1. The fourth-order valence-corrected chi connectivity index (χ4v) is 5.48. The van der Waals surface area contributed by atoms with Crippen LogP contribution in [0, 0.1) is 5.82 Å². The fourth-order valence-electron chi connectivity index (χ4n) is 5.48. The van der Waals surface area contributed by atoms with Crippen LogP contribution in [0.15, 0.2) is 36.7 Å². The summed E-state index contributed by atoms with van der Waals surface area (Å²) in [6, 6.07) is 6.87. The fraction of sp³-hybridized carbons (Fsp3) is 0.429. The SMILES string of the molecule is CCc1c(F)cccc1Nc1c(-c2ccncc2OC[C@@H]2CN(C)CCO2)[nH]c2c1C(=O)NCC21CC1. The summed E-state index contributed by atoms with van der Waals surface area (Å²) >= 11 is 0. The molecule has 3 N–H and O–H groups in total. The van der Waals surface area contributed by atoms with Crippen molar-refractivity contribution in [3.63, 3.8) is 0 Å². The van der Waals surface area contributed by atoms with E-state index >= 15 is 0 Å². The van der Waals surface area contributed by atoms with Gasteiger partial charge in [0.1, 0.15) is 24.3 Å². The minimum Gasteiger partial charge on any atom is -0.488 e. The predicted octanol–water partition coefficient (Wildman–Crippen LogP) is 4.01. The third-order valence-electron chi connectivity index (χ3n) is 7.75. The smallest absolute Gasteiger partial charge is 0.255 e. The molecular formula is C28H32FN5O3. The van der Waals surface area contributed by atoms with Crippen LogP contribution in [0.25, 0.3) is 11.3 Å².